The molecule has 1 aromatic carbocycles. The van der Waals surface area contributed by atoms with Gasteiger partial charge in [-0.1, -0.05) is 25.1 Å². The van der Waals surface area contributed by atoms with Crippen LogP contribution in [0.3, 0.4) is 0 Å². The smallest absolute Gasteiger partial charge is 0.243 e. The second-order valence-electron chi connectivity index (χ2n) is 5.09. The van der Waals surface area contributed by atoms with E-state index in [1.165, 1.54) is 0 Å². The molecule has 0 spiro atoms. The van der Waals surface area contributed by atoms with E-state index in [1.807, 2.05) is 38.2 Å². The van der Waals surface area contributed by atoms with E-state index in [-0.39, 0.29) is 11.8 Å². The lowest BCUT2D eigenvalue weighted by Crippen LogP contribution is -2.35. The van der Waals surface area contributed by atoms with Gasteiger partial charge in [0.25, 0.3) is 0 Å². The molecule has 0 bridgehead atoms. The van der Waals surface area contributed by atoms with Gasteiger partial charge in [-0.2, -0.15) is 5.10 Å². The number of para-hydroxylation sites is 1. The highest BCUT2D eigenvalue weighted by molar-refractivity contribution is 6.29. The van der Waals surface area contributed by atoms with Gasteiger partial charge in [0.05, 0.1) is 11.9 Å². The van der Waals surface area contributed by atoms with Crippen LogP contribution in [0.2, 0.25) is 0 Å². The summed E-state index contributed by atoms with van der Waals surface area (Å²) in [5.74, 6) is -0.161. The third-order valence-corrected chi connectivity index (χ3v) is 3.66. The fourth-order valence-corrected chi connectivity index (χ4v) is 2.57. The molecular formula is C16H20ClN3O. The lowest BCUT2D eigenvalue weighted by molar-refractivity contribution is -0.116. The second-order valence-corrected chi connectivity index (χ2v) is 5.36. The Morgan fingerprint density at radius 2 is 2.14 bits per heavy atom. The van der Waals surface area contributed by atoms with Crippen molar-refractivity contribution in [2.24, 2.45) is 0 Å². The predicted octanol–water partition coefficient (Wildman–Crippen LogP) is 3.29. The van der Waals surface area contributed by atoms with Crippen molar-refractivity contribution >= 4 is 23.2 Å². The minimum absolute atomic E-state index is 0.0439. The number of rotatable bonds is 5. The standard InChI is InChI=1S/C16H20ClN3O/c1-4-14-7-5-6-13(3)16(14)20(15(21)8-17)11-19-10-12(2)9-18-19/h5-7,9-10H,4,8,11H2,1-3H3. The molecule has 21 heavy (non-hydrogen) atoms. The molecule has 1 amide bonds. The van der Waals surface area contributed by atoms with Crippen LogP contribution in [0.4, 0.5) is 5.69 Å². The molecule has 0 saturated carbocycles. The van der Waals surface area contributed by atoms with Crippen LogP contribution in [0, 0.1) is 13.8 Å². The van der Waals surface area contributed by atoms with Crippen LogP contribution in [0.5, 0.6) is 0 Å². The van der Waals surface area contributed by atoms with Gasteiger partial charge in [0, 0.05) is 6.20 Å². The maximum absolute atomic E-state index is 12.3. The number of nitrogens with zero attached hydrogens (tertiary/aromatic N) is 3. The van der Waals surface area contributed by atoms with E-state index in [9.17, 15) is 4.79 Å². The van der Waals surface area contributed by atoms with Crippen LogP contribution in [-0.4, -0.2) is 21.6 Å². The molecule has 0 fully saturated rings. The van der Waals surface area contributed by atoms with Gasteiger partial charge >= 0.3 is 0 Å². The van der Waals surface area contributed by atoms with Crippen molar-refractivity contribution in [3.05, 3.63) is 47.3 Å². The summed E-state index contributed by atoms with van der Waals surface area (Å²) in [5.41, 5.74) is 4.21. The van der Waals surface area contributed by atoms with Crippen molar-refractivity contribution in [3.8, 4) is 0 Å². The lowest BCUT2D eigenvalue weighted by Gasteiger charge is -2.26. The summed E-state index contributed by atoms with van der Waals surface area (Å²) in [6.45, 7) is 6.44. The summed E-state index contributed by atoms with van der Waals surface area (Å²) in [7, 11) is 0. The van der Waals surface area contributed by atoms with E-state index in [4.69, 9.17) is 11.6 Å². The number of anilines is 1. The Balaban J connectivity index is 2.43. The fourth-order valence-electron chi connectivity index (χ4n) is 2.43. The van der Waals surface area contributed by atoms with E-state index >= 15 is 0 Å². The molecule has 4 nitrogen and oxygen atoms in total. The molecule has 0 saturated heterocycles. The van der Waals surface area contributed by atoms with Gasteiger partial charge in [-0.05, 0) is 37.0 Å². The van der Waals surface area contributed by atoms with E-state index in [0.717, 1.165) is 28.8 Å². The molecule has 0 aliphatic carbocycles. The second kappa shape index (κ2) is 6.76. The van der Waals surface area contributed by atoms with E-state index in [0.29, 0.717) is 6.67 Å². The summed E-state index contributed by atoms with van der Waals surface area (Å²) in [6, 6.07) is 6.07. The minimum atomic E-state index is -0.117. The molecule has 0 N–H and O–H groups in total. The zero-order valence-corrected chi connectivity index (χ0v) is 13.4. The van der Waals surface area contributed by atoms with Gasteiger partial charge in [-0.25, -0.2) is 0 Å². The predicted molar refractivity (Wildman–Crippen MR) is 85.7 cm³/mol. The van der Waals surface area contributed by atoms with Crippen LogP contribution in [0.1, 0.15) is 23.6 Å². The Kier molecular flexibility index (Phi) is 5.02. The maximum atomic E-state index is 12.3. The molecule has 0 aliphatic heterocycles. The van der Waals surface area contributed by atoms with Crippen LogP contribution in [0.15, 0.2) is 30.6 Å². The van der Waals surface area contributed by atoms with Crippen molar-refractivity contribution in [1.82, 2.24) is 9.78 Å². The Hall–Kier alpha value is -1.81. The number of alkyl halides is 1. The monoisotopic (exact) mass is 305 g/mol. The van der Waals surface area contributed by atoms with Gasteiger partial charge in [-0.3, -0.25) is 14.4 Å². The average molecular weight is 306 g/mol. The zero-order chi connectivity index (χ0) is 15.4. The van der Waals surface area contributed by atoms with Gasteiger partial charge in [0.2, 0.25) is 5.91 Å². The van der Waals surface area contributed by atoms with E-state index in [2.05, 4.69) is 12.0 Å². The number of hydrogen-bond acceptors (Lipinski definition) is 2. The molecule has 0 radical (unpaired) electrons. The lowest BCUT2D eigenvalue weighted by atomic mass is 10.0. The van der Waals surface area contributed by atoms with Crippen molar-refractivity contribution in [2.75, 3.05) is 10.8 Å². The van der Waals surface area contributed by atoms with Crippen LogP contribution in [0.25, 0.3) is 0 Å². The topological polar surface area (TPSA) is 38.1 Å². The van der Waals surface area contributed by atoms with Gasteiger partial charge in [0.15, 0.2) is 0 Å². The Labute approximate surface area is 130 Å². The molecule has 1 aromatic heterocycles. The molecule has 0 unspecified atom stereocenters. The first-order valence-electron chi connectivity index (χ1n) is 7.00. The number of carbonyl (C=O) groups is 1. The summed E-state index contributed by atoms with van der Waals surface area (Å²) < 4.78 is 1.76. The Morgan fingerprint density at radius 1 is 1.38 bits per heavy atom. The maximum Gasteiger partial charge on any atom is 0.243 e. The molecule has 1 heterocycles. The van der Waals surface area contributed by atoms with Crippen molar-refractivity contribution in [3.63, 3.8) is 0 Å². The number of benzene rings is 1. The summed E-state index contributed by atoms with van der Waals surface area (Å²) in [6.07, 6.45) is 4.56. The van der Waals surface area contributed by atoms with Crippen molar-refractivity contribution in [1.29, 1.82) is 0 Å². The first-order valence-corrected chi connectivity index (χ1v) is 7.54. The minimum Gasteiger partial charge on any atom is -0.291 e. The number of halogens is 1. The average Bonchev–Trinajstić information content (AvgIpc) is 2.89. The zero-order valence-electron chi connectivity index (χ0n) is 12.6. The highest BCUT2D eigenvalue weighted by atomic mass is 35.5. The quantitative estimate of drug-likeness (QED) is 0.795. The summed E-state index contributed by atoms with van der Waals surface area (Å²) in [4.78, 5) is 14.0. The molecule has 0 aliphatic rings. The molecule has 0 atom stereocenters. The molecule has 5 heteroatoms. The van der Waals surface area contributed by atoms with Crippen LogP contribution < -0.4 is 4.90 Å². The third-order valence-electron chi connectivity index (χ3n) is 3.44. The van der Waals surface area contributed by atoms with E-state index in [1.54, 1.807) is 15.8 Å². The summed E-state index contributed by atoms with van der Waals surface area (Å²) in [5, 5.41) is 4.26. The SMILES string of the molecule is CCc1cccc(C)c1N(Cn1cc(C)cn1)C(=O)CCl. The Bertz CT molecular complexity index is 636. The number of aryl methyl sites for hydroxylation is 3. The van der Waals surface area contributed by atoms with Crippen LogP contribution in [-0.2, 0) is 17.9 Å². The van der Waals surface area contributed by atoms with Crippen molar-refractivity contribution < 1.29 is 4.79 Å². The van der Waals surface area contributed by atoms with E-state index < -0.39 is 0 Å². The highest BCUT2D eigenvalue weighted by Crippen LogP contribution is 2.26. The summed E-state index contributed by atoms with van der Waals surface area (Å²) >= 11 is 5.80. The molecule has 112 valence electrons. The molecular weight excluding hydrogens is 286 g/mol. The van der Waals surface area contributed by atoms with Crippen LogP contribution >= 0.6 is 11.6 Å². The van der Waals surface area contributed by atoms with Gasteiger partial charge in [-0.15, -0.1) is 11.6 Å². The fraction of sp³-hybridized carbons (Fsp3) is 0.375. The number of carbonyl (C=O) groups excluding carboxylic acids is 1. The first kappa shape index (κ1) is 15.6. The third kappa shape index (κ3) is 3.45. The number of amides is 1. The first-order chi connectivity index (χ1) is 10.1. The van der Waals surface area contributed by atoms with Gasteiger partial charge in [0.1, 0.15) is 12.5 Å². The van der Waals surface area contributed by atoms with Gasteiger partial charge < -0.3 is 0 Å². The number of aromatic nitrogens is 2. The normalized spacial score (nSPS) is 10.7. The molecule has 2 aromatic rings. The largest absolute Gasteiger partial charge is 0.291 e. The highest BCUT2D eigenvalue weighted by Gasteiger charge is 2.20. The Morgan fingerprint density at radius 3 is 2.71 bits per heavy atom. The van der Waals surface area contributed by atoms with Crippen molar-refractivity contribution in [2.45, 2.75) is 33.9 Å². The molecule has 2 rings (SSSR count). The number of hydrogen-bond donors (Lipinski definition) is 0.